The van der Waals surface area contributed by atoms with E-state index in [9.17, 15) is 4.79 Å². The lowest BCUT2D eigenvalue weighted by molar-refractivity contribution is 0.112. The zero-order chi connectivity index (χ0) is 13.8. The molecule has 19 heavy (non-hydrogen) atoms. The topological polar surface area (TPSA) is 34.9 Å². The van der Waals surface area contributed by atoms with Gasteiger partial charge in [-0.25, -0.2) is 0 Å². The van der Waals surface area contributed by atoms with Gasteiger partial charge in [0.2, 0.25) is 0 Å². The van der Waals surface area contributed by atoms with Crippen LogP contribution in [0.15, 0.2) is 12.4 Å². The fourth-order valence-electron chi connectivity index (χ4n) is 2.32. The smallest absolute Gasteiger partial charge is 0.153 e. The quantitative estimate of drug-likeness (QED) is 0.408. The summed E-state index contributed by atoms with van der Waals surface area (Å²) in [4.78, 5) is 10.5. The normalized spacial score (nSPS) is 10.8. The lowest BCUT2D eigenvalue weighted by Gasteiger charge is -2.03. The van der Waals surface area contributed by atoms with Crippen molar-refractivity contribution < 1.29 is 4.79 Å². The predicted molar refractivity (Wildman–Crippen MR) is 79.5 cm³/mol. The number of hydrogen-bond acceptors (Lipinski definition) is 2. The Morgan fingerprint density at radius 1 is 1.00 bits per heavy atom. The number of carbonyl (C=O) groups excluding carboxylic acids is 1. The number of rotatable bonds is 12. The monoisotopic (exact) mass is 264 g/mol. The van der Waals surface area contributed by atoms with Crippen LogP contribution in [0.2, 0.25) is 0 Å². The molecule has 1 aromatic heterocycles. The lowest BCUT2D eigenvalue weighted by Crippen LogP contribution is -1.98. The summed E-state index contributed by atoms with van der Waals surface area (Å²) in [5, 5.41) is 4.15. The van der Waals surface area contributed by atoms with E-state index in [4.69, 9.17) is 0 Å². The van der Waals surface area contributed by atoms with Crippen LogP contribution >= 0.6 is 0 Å². The zero-order valence-corrected chi connectivity index (χ0v) is 12.3. The molecule has 0 N–H and O–H groups in total. The van der Waals surface area contributed by atoms with E-state index in [0.717, 1.165) is 19.3 Å². The summed E-state index contributed by atoms with van der Waals surface area (Å²) in [6, 6.07) is 0. The Hall–Kier alpha value is -1.12. The second-order valence-electron chi connectivity index (χ2n) is 5.34. The second-order valence-corrected chi connectivity index (χ2v) is 5.34. The fourth-order valence-corrected chi connectivity index (χ4v) is 2.32. The van der Waals surface area contributed by atoms with E-state index >= 15 is 0 Å². The average Bonchev–Trinajstić information content (AvgIpc) is 2.89. The number of carbonyl (C=O) groups is 1. The van der Waals surface area contributed by atoms with E-state index in [2.05, 4.69) is 12.0 Å². The van der Waals surface area contributed by atoms with Gasteiger partial charge in [-0.3, -0.25) is 9.48 Å². The molecule has 0 spiro atoms. The van der Waals surface area contributed by atoms with Crippen LogP contribution in [-0.2, 0) is 6.54 Å². The van der Waals surface area contributed by atoms with E-state index in [1.807, 2.05) is 10.9 Å². The van der Waals surface area contributed by atoms with Crippen molar-refractivity contribution in [1.29, 1.82) is 0 Å². The molecule has 0 fully saturated rings. The standard InChI is InChI=1S/C16H28N2O/c1-2-3-4-5-6-7-8-9-10-11-12-18-14-16(15-19)13-17-18/h13-15H,2-12H2,1H3. The molecule has 0 atom stereocenters. The molecule has 3 heteroatoms. The summed E-state index contributed by atoms with van der Waals surface area (Å²) in [5.41, 5.74) is 0.673. The number of aryl methyl sites for hydroxylation is 1. The number of nitrogens with zero attached hydrogens (tertiary/aromatic N) is 2. The van der Waals surface area contributed by atoms with Crippen molar-refractivity contribution in [2.45, 2.75) is 77.7 Å². The van der Waals surface area contributed by atoms with E-state index in [-0.39, 0.29) is 0 Å². The van der Waals surface area contributed by atoms with Gasteiger partial charge in [-0.05, 0) is 6.42 Å². The Morgan fingerprint density at radius 2 is 1.58 bits per heavy atom. The van der Waals surface area contributed by atoms with Crippen LogP contribution in [0.25, 0.3) is 0 Å². The summed E-state index contributed by atoms with van der Waals surface area (Å²) in [6.45, 7) is 3.20. The largest absolute Gasteiger partial charge is 0.298 e. The SMILES string of the molecule is CCCCCCCCCCCCn1cc(C=O)cn1. The Bertz CT molecular complexity index is 333. The van der Waals surface area contributed by atoms with E-state index in [1.54, 1.807) is 6.20 Å². The average molecular weight is 264 g/mol. The molecule has 0 saturated carbocycles. The van der Waals surface area contributed by atoms with Gasteiger partial charge in [0.1, 0.15) is 0 Å². The summed E-state index contributed by atoms with van der Waals surface area (Å²) in [6.07, 6.45) is 17.8. The van der Waals surface area contributed by atoms with Crippen LogP contribution in [0.4, 0.5) is 0 Å². The predicted octanol–water partition coefficient (Wildman–Crippen LogP) is 4.62. The first-order valence-electron chi connectivity index (χ1n) is 7.84. The van der Waals surface area contributed by atoms with Crippen LogP contribution in [0, 0.1) is 0 Å². The van der Waals surface area contributed by atoms with Crippen LogP contribution in [0.1, 0.15) is 81.5 Å². The van der Waals surface area contributed by atoms with E-state index in [1.165, 1.54) is 57.8 Å². The molecule has 0 unspecified atom stereocenters. The van der Waals surface area contributed by atoms with Gasteiger partial charge in [0.05, 0.1) is 11.8 Å². The summed E-state index contributed by atoms with van der Waals surface area (Å²) in [7, 11) is 0. The third-order valence-electron chi connectivity index (χ3n) is 3.53. The van der Waals surface area contributed by atoms with E-state index < -0.39 is 0 Å². The van der Waals surface area contributed by atoms with Crippen molar-refractivity contribution in [1.82, 2.24) is 9.78 Å². The number of aromatic nitrogens is 2. The minimum atomic E-state index is 0.673. The van der Waals surface area contributed by atoms with Gasteiger partial charge in [0.25, 0.3) is 0 Å². The highest BCUT2D eigenvalue weighted by Crippen LogP contribution is 2.10. The Labute approximate surface area is 117 Å². The third-order valence-corrected chi connectivity index (χ3v) is 3.53. The molecule has 0 aliphatic carbocycles. The minimum Gasteiger partial charge on any atom is -0.298 e. The van der Waals surface area contributed by atoms with Gasteiger partial charge in [-0.15, -0.1) is 0 Å². The Balaban J connectivity index is 1.87. The molecule has 0 aliphatic rings. The van der Waals surface area contributed by atoms with Crippen molar-refractivity contribution in [3.8, 4) is 0 Å². The molecule has 1 heterocycles. The lowest BCUT2D eigenvalue weighted by atomic mass is 10.1. The van der Waals surface area contributed by atoms with Gasteiger partial charge in [-0.2, -0.15) is 5.10 Å². The van der Waals surface area contributed by atoms with Crippen LogP contribution < -0.4 is 0 Å². The molecule has 0 bridgehead atoms. The molecule has 3 nitrogen and oxygen atoms in total. The fraction of sp³-hybridized carbons (Fsp3) is 0.750. The van der Waals surface area contributed by atoms with Crippen molar-refractivity contribution >= 4 is 6.29 Å². The van der Waals surface area contributed by atoms with Gasteiger partial charge in [0.15, 0.2) is 6.29 Å². The number of unbranched alkanes of at least 4 members (excludes halogenated alkanes) is 9. The van der Waals surface area contributed by atoms with Crippen LogP contribution in [0.3, 0.4) is 0 Å². The molecule has 1 rings (SSSR count). The highest BCUT2D eigenvalue weighted by atomic mass is 16.1. The summed E-state index contributed by atoms with van der Waals surface area (Å²) >= 11 is 0. The minimum absolute atomic E-state index is 0.673. The number of aldehydes is 1. The van der Waals surface area contributed by atoms with Crippen molar-refractivity contribution in [3.05, 3.63) is 18.0 Å². The first kappa shape index (κ1) is 15.9. The molecular formula is C16H28N2O. The van der Waals surface area contributed by atoms with Gasteiger partial charge >= 0.3 is 0 Å². The van der Waals surface area contributed by atoms with Crippen molar-refractivity contribution in [2.24, 2.45) is 0 Å². The maximum atomic E-state index is 10.5. The maximum Gasteiger partial charge on any atom is 0.153 e. The zero-order valence-electron chi connectivity index (χ0n) is 12.3. The molecule has 1 aromatic rings. The van der Waals surface area contributed by atoms with Crippen molar-refractivity contribution in [3.63, 3.8) is 0 Å². The second kappa shape index (κ2) is 10.8. The molecule has 0 aromatic carbocycles. The molecule has 0 saturated heterocycles. The van der Waals surface area contributed by atoms with Gasteiger partial charge in [-0.1, -0.05) is 64.7 Å². The Kier molecular flexibility index (Phi) is 9.03. The third kappa shape index (κ3) is 7.81. The first-order chi connectivity index (χ1) is 9.36. The summed E-state index contributed by atoms with van der Waals surface area (Å²) < 4.78 is 1.87. The van der Waals surface area contributed by atoms with E-state index in [0.29, 0.717) is 5.56 Å². The molecule has 108 valence electrons. The van der Waals surface area contributed by atoms with Crippen LogP contribution in [0.5, 0.6) is 0 Å². The first-order valence-corrected chi connectivity index (χ1v) is 7.84. The molecule has 0 amide bonds. The van der Waals surface area contributed by atoms with Crippen molar-refractivity contribution in [2.75, 3.05) is 0 Å². The summed E-state index contributed by atoms with van der Waals surface area (Å²) in [5.74, 6) is 0. The van der Waals surface area contributed by atoms with Gasteiger partial charge < -0.3 is 0 Å². The molecular weight excluding hydrogens is 236 g/mol. The maximum absolute atomic E-state index is 10.5. The number of hydrogen-bond donors (Lipinski definition) is 0. The Morgan fingerprint density at radius 3 is 2.11 bits per heavy atom. The molecule has 0 radical (unpaired) electrons. The van der Waals surface area contributed by atoms with Crippen LogP contribution in [-0.4, -0.2) is 16.1 Å². The molecule has 0 aliphatic heterocycles. The van der Waals surface area contributed by atoms with Gasteiger partial charge in [0, 0.05) is 12.7 Å². The highest BCUT2D eigenvalue weighted by Gasteiger charge is 1.97. The highest BCUT2D eigenvalue weighted by molar-refractivity contribution is 5.73.